The van der Waals surface area contributed by atoms with Crippen molar-refractivity contribution < 1.29 is 22.7 Å². The number of methoxy groups -OCH3 is 1. The number of nitrogens with zero attached hydrogens (tertiary/aromatic N) is 5. The Morgan fingerprint density at radius 1 is 1.11 bits per heavy atom. The molecule has 0 bridgehead atoms. The van der Waals surface area contributed by atoms with E-state index in [9.17, 15) is 18.0 Å². The van der Waals surface area contributed by atoms with E-state index in [2.05, 4.69) is 20.5 Å². The summed E-state index contributed by atoms with van der Waals surface area (Å²) in [6.45, 7) is 0.167. The van der Waals surface area contributed by atoms with Gasteiger partial charge >= 0.3 is 0 Å². The number of hydrogen-bond acceptors (Lipinski definition) is 5. The zero-order chi connectivity index (χ0) is 25.2. The van der Waals surface area contributed by atoms with Gasteiger partial charge < -0.3 is 10.1 Å². The van der Waals surface area contributed by atoms with Crippen LogP contribution in [0.15, 0.2) is 73.1 Å². The maximum Gasteiger partial charge on any atom is 0.280 e. The van der Waals surface area contributed by atoms with Gasteiger partial charge in [-0.15, -0.1) is 0 Å². The molecule has 2 aromatic carbocycles. The Bertz CT molecular complexity index is 1560. The van der Waals surface area contributed by atoms with Crippen LogP contribution in [0.5, 0.6) is 5.75 Å². The lowest BCUT2D eigenvalue weighted by Crippen LogP contribution is -2.14. The Morgan fingerprint density at radius 2 is 1.89 bits per heavy atom. The van der Waals surface area contributed by atoms with E-state index in [1.54, 1.807) is 54.7 Å². The van der Waals surface area contributed by atoms with Gasteiger partial charge in [-0.1, -0.05) is 30.3 Å². The van der Waals surface area contributed by atoms with E-state index in [1.165, 1.54) is 30.1 Å². The van der Waals surface area contributed by atoms with Crippen LogP contribution in [0.2, 0.25) is 0 Å². The van der Waals surface area contributed by atoms with Gasteiger partial charge in [-0.25, -0.2) is 22.7 Å². The van der Waals surface area contributed by atoms with E-state index in [4.69, 9.17) is 4.74 Å². The van der Waals surface area contributed by atoms with Crippen LogP contribution in [0.1, 0.15) is 28.0 Å². The van der Waals surface area contributed by atoms with Gasteiger partial charge in [0, 0.05) is 23.4 Å². The number of fused-ring (bicyclic) bond motifs is 1. The molecule has 0 aliphatic rings. The number of carbonyl (C=O) groups excluding carboxylic acids is 1. The summed E-state index contributed by atoms with van der Waals surface area (Å²) in [5, 5.41) is 10.8. The Kier molecular flexibility index (Phi) is 6.11. The molecule has 0 saturated heterocycles. The lowest BCUT2D eigenvalue weighted by atomic mass is 10.1. The van der Waals surface area contributed by atoms with Crippen LogP contribution in [0, 0.1) is 5.82 Å². The number of amides is 1. The molecule has 0 unspecified atom stereocenters. The minimum Gasteiger partial charge on any atom is -0.496 e. The molecule has 0 aliphatic heterocycles. The standard InChI is InChI=1S/C25H19F3N6O2/c1-36-21-9-5-3-7-16(21)19-12-20(23(27)28)34-24(30-19)17(13-29-34)25(35)31-22-10-11-33(32-22)14-15-6-2-4-8-18(15)26/h2-13,23H,14H2,1H3,(H,31,32,35). The van der Waals surface area contributed by atoms with Crippen LogP contribution in [-0.4, -0.2) is 37.4 Å². The van der Waals surface area contributed by atoms with Gasteiger partial charge in [0.05, 0.1) is 25.5 Å². The van der Waals surface area contributed by atoms with E-state index in [0.717, 1.165) is 4.52 Å². The average Bonchev–Trinajstić information content (AvgIpc) is 3.51. The Labute approximate surface area is 203 Å². The highest BCUT2D eigenvalue weighted by Gasteiger charge is 2.23. The summed E-state index contributed by atoms with van der Waals surface area (Å²) in [7, 11) is 1.47. The van der Waals surface area contributed by atoms with Crippen LogP contribution in [0.3, 0.4) is 0 Å². The summed E-state index contributed by atoms with van der Waals surface area (Å²) in [5.74, 6) is -0.353. The normalized spacial score (nSPS) is 11.2. The number of halogens is 3. The lowest BCUT2D eigenvalue weighted by Gasteiger charge is -2.11. The second kappa shape index (κ2) is 9.53. The quantitative estimate of drug-likeness (QED) is 0.346. The maximum atomic E-state index is 13.9. The van der Waals surface area contributed by atoms with Crippen LogP contribution in [0.4, 0.5) is 19.0 Å². The molecule has 0 spiro atoms. The number of nitrogens with one attached hydrogen (secondary N) is 1. The minimum absolute atomic E-state index is 0.0164. The van der Waals surface area contributed by atoms with Crippen molar-refractivity contribution in [3.05, 3.63) is 95.7 Å². The molecular formula is C25H19F3N6O2. The molecule has 3 heterocycles. The van der Waals surface area contributed by atoms with Gasteiger partial charge in [0.2, 0.25) is 0 Å². The summed E-state index contributed by atoms with van der Waals surface area (Å²) < 4.78 is 49.4. The molecular weight excluding hydrogens is 473 g/mol. The monoisotopic (exact) mass is 492 g/mol. The Balaban J connectivity index is 1.47. The van der Waals surface area contributed by atoms with Crippen LogP contribution < -0.4 is 10.1 Å². The van der Waals surface area contributed by atoms with E-state index in [1.807, 2.05) is 0 Å². The van der Waals surface area contributed by atoms with Crippen molar-refractivity contribution in [1.29, 1.82) is 0 Å². The Morgan fingerprint density at radius 3 is 2.67 bits per heavy atom. The predicted molar refractivity (Wildman–Crippen MR) is 126 cm³/mol. The van der Waals surface area contributed by atoms with E-state index < -0.39 is 18.0 Å². The third kappa shape index (κ3) is 4.38. The number of anilines is 1. The minimum atomic E-state index is -2.87. The molecule has 0 fully saturated rings. The van der Waals surface area contributed by atoms with Crippen molar-refractivity contribution in [1.82, 2.24) is 24.4 Å². The van der Waals surface area contributed by atoms with Gasteiger partial charge in [0.25, 0.3) is 12.3 Å². The van der Waals surface area contributed by atoms with Gasteiger partial charge in [0.15, 0.2) is 11.5 Å². The average molecular weight is 492 g/mol. The topological polar surface area (TPSA) is 86.3 Å². The molecule has 0 saturated carbocycles. The summed E-state index contributed by atoms with van der Waals surface area (Å²) >= 11 is 0. The summed E-state index contributed by atoms with van der Waals surface area (Å²) in [6.07, 6.45) is -0.106. The molecule has 11 heteroatoms. The molecule has 3 aromatic heterocycles. The van der Waals surface area contributed by atoms with Crippen molar-refractivity contribution in [2.45, 2.75) is 13.0 Å². The smallest absolute Gasteiger partial charge is 0.280 e. The van der Waals surface area contributed by atoms with E-state index in [-0.39, 0.29) is 35.1 Å². The lowest BCUT2D eigenvalue weighted by molar-refractivity contribution is 0.102. The molecule has 0 aliphatic carbocycles. The predicted octanol–water partition coefficient (Wildman–Crippen LogP) is 4.98. The van der Waals surface area contributed by atoms with Gasteiger partial charge in [0.1, 0.15) is 22.8 Å². The summed E-state index contributed by atoms with van der Waals surface area (Å²) in [4.78, 5) is 17.5. The first-order chi connectivity index (χ1) is 17.4. The number of ether oxygens (including phenoxy) is 1. The number of carbonyl (C=O) groups is 1. The fraction of sp³-hybridized carbons (Fsp3) is 0.120. The fourth-order valence-electron chi connectivity index (χ4n) is 3.80. The molecule has 1 N–H and O–H groups in total. The van der Waals surface area contributed by atoms with Gasteiger partial charge in [-0.2, -0.15) is 10.2 Å². The zero-order valence-electron chi connectivity index (χ0n) is 18.9. The largest absolute Gasteiger partial charge is 0.496 e. The highest BCUT2D eigenvalue weighted by atomic mass is 19.3. The molecule has 8 nitrogen and oxygen atoms in total. The Hall–Kier alpha value is -4.67. The van der Waals surface area contributed by atoms with Crippen LogP contribution in [-0.2, 0) is 6.54 Å². The van der Waals surface area contributed by atoms with Crippen LogP contribution >= 0.6 is 0 Å². The fourth-order valence-corrected chi connectivity index (χ4v) is 3.80. The molecule has 0 atom stereocenters. The number of aromatic nitrogens is 5. The van der Waals surface area contributed by atoms with Crippen molar-refractivity contribution in [2.75, 3.05) is 12.4 Å². The first kappa shape index (κ1) is 23.1. The van der Waals surface area contributed by atoms with Gasteiger partial charge in [-0.05, 0) is 24.3 Å². The molecule has 1 amide bonds. The van der Waals surface area contributed by atoms with Gasteiger partial charge in [-0.3, -0.25) is 9.48 Å². The molecule has 182 valence electrons. The van der Waals surface area contributed by atoms with Crippen molar-refractivity contribution in [3.8, 4) is 17.0 Å². The number of para-hydroxylation sites is 1. The number of benzene rings is 2. The van der Waals surface area contributed by atoms with Crippen LogP contribution in [0.25, 0.3) is 16.9 Å². The second-order valence-electron chi connectivity index (χ2n) is 7.80. The summed E-state index contributed by atoms with van der Waals surface area (Å²) in [5.41, 5.74) is 0.653. The first-order valence-electron chi connectivity index (χ1n) is 10.8. The molecule has 5 rings (SSSR count). The third-order valence-electron chi connectivity index (χ3n) is 5.52. The molecule has 5 aromatic rings. The zero-order valence-corrected chi connectivity index (χ0v) is 18.9. The second-order valence-corrected chi connectivity index (χ2v) is 7.80. The van der Waals surface area contributed by atoms with E-state index >= 15 is 0 Å². The highest BCUT2D eigenvalue weighted by Crippen LogP contribution is 2.32. The first-order valence-corrected chi connectivity index (χ1v) is 10.8. The third-order valence-corrected chi connectivity index (χ3v) is 5.52. The number of hydrogen-bond donors (Lipinski definition) is 1. The highest BCUT2D eigenvalue weighted by molar-refractivity contribution is 6.07. The van der Waals surface area contributed by atoms with Crippen molar-refractivity contribution in [2.24, 2.45) is 0 Å². The number of rotatable bonds is 7. The molecule has 36 heavy (non-hydrogen) atoms. The maximum absolute atomic E-state index is 13.9. The van der Waals surface area contributed by atoms with Crippen molar-refractivity contribution in [3.63, 3.8) is 0 Å². The SMILES string of the molecule is COc1ccccc1-c1cc(C(F)F)n2ncc(C(=O)Nc3ccn(Cc4ccccc4F)n3)c2n1. The summed E-state index contributed by atoms with van der Waals surface area (Å²) in [6, 6.07) is 15.9. The van der Waals surface area contributed by atoms with E-state index in [0.29, 0.717) is 16.9 Å². The van der Waals surface area contributed by atoms with Crippen molar-refractivity contribution >= 4 is 17.4 Å². The molecule has 0 radical (unpaired) electrons. The number of alkyl halides is 2.